The van der Waals surface area contributed by atoms with Gasteiger partial charge in [0.15, 0.2) is 11.6 Å². The SMILES string of the molecule is CCC(NC(=O)C(C)N1CCCC[C@H](NC(=O)c2ccc3ccccc3n2)C1=O)C(=O)Cn1nnnc1Cc1ccccc1. The van der Waals surface area contributed by atoms with Crippen LogP contribution in [0.3, 0.4) is 0 Å². The number of aromatic nitrogens is 5. The Labute approximate surface area is 255 Å². The monoisotopic (exact) mass is 596 g/mol. The Morgan fingerprint density at radius 2 is 1.77 bits per heavy atom. The molecule has 0 saturated carbocycles. The van der Waals surface area contributed by atoms with Gasteiger partial charge in [0.25, 0.3) is 5.91 Å². The zero-order chi connectivity index (χ0) is 31.1. The molecule has 1 fully saturated rings. The van der Waals surface area contributed by atoms with Gasteiger partial charge in [0.05, 0.1) is 11.6 Å². The minimum absolute atomic E-state index is 0.0953. The van der Waals surface area contributed by atoms with Gasteiger partial charge in [-0.3, -0.25) is 19.2 Å². The van der Waals surface area contributed by atoms with Gasteiger partial charge in [-0.1, -0.05) is 61.5 Å². The molecule has 1 aliphatic rings. The van der Waals surface area contributed by atoms with Crippen molar-refractivity contribution in [3.8, 4) is 0 Å². The van der Waals surface area contributed by atoms with Crippen LogP contribution in [0.15, 0.2) is 66.7 Å². The predicted octanol–water partition coefficient (Wildman–Crippen LogP) is 2.48. The number of carbonyl (C=O) groups excluding carboxylic acids is 4. The molecule has 0 aliphatic carbocycles. The second-order valence-electron chi connectivity index (χ2n) is 11.0. The Hall–Kier alpha value is -5.00. The van der Waals surface area contributed by atoms with E-state index in [4.69, 9.17) is 0 Å². The smallest absolute Gasteiger partial charge is 0.270 e. The van der Waals surface area contributed by atoms with E-state index in [0.717, 1.165) is 10.9 Å². The molecule has 0 spiro atoms. The molecule has 3 heterocycles. The van der Waals surface area contributed by atoms with Gasteiger partial charge in [-0.2, -0.15) is 0 Å². The average Bonchev–Trinajstić information content (AvgIpc) is 3.39. The maximum atomic E-state index is 13.6. The second kappa shape index (κ2) is 14.0. The molecule has 4 aromatic rings. The summed E-state index contributed by atoms with van der Waals surface area (Å²) in [5.41, 5.74) is 1.92. The van der Waals surface area contributed by atoms with Crippen LogP contribution in [-0.4, -0.2) is 78.3 Å². The van der Waals surface area contributed by atoms with Gasteiger partial charge in [0.1, 0.15) is 24.3 Å². The van der Waals surface area contributed by atoms with Crippen molar-refractivity contribution in [3.05, 3.63) is 83.8 Å². The van der Waals surface area contributed by atoms with Gasteiger partial charge in [0, 0.05) is 18.4 Å². The summed E-state index contributed by atoms with van der Waals surface area (Å²) in [6.45, 7) is 3.72. The first kappa shape index (κ1) is 30.5. The van der Waals surface area contributed by atoms with Crippen molar-refractivity contribution >= 4 is 34.4 Å². The van der Waals surface area contributed by atoms with E-state index < -0.39 is 29.9 Å². The number of nitrogens with one attached hydrogen (secondary N) is 2. The number of hydrogen-bond donors (Lipinski definition) is 2. The molecule has 228 valence electrons. The van der Waals surface area contributed by atoms with Crippen LogP contribution in [0.5, 0.6) is 0 Å². The Morgan fingerprint density at radius 1 is 1.00 bits per heavy atom. The third-order valence-electron chi connectivity index (χ3n) is 7.94. The minimum Gasteiger partial charge on any atom is -0.344 e. The number of ketones is 1. The number of fused-ring (bicyclic) bond motifs is 1. The van der Waals surface area contributed by atoms with Crippen molar-refractivity contribution in [1.29, 1.82) is 0 Å². The van der Waals surface area contributed by atoms with Crippen LogP contribution in [0.25, 0.3) is 10.9 Å². The van der Waals surface area contributed by atoms with Gasteiger partial charge < -0.3 is 15.5 Å². The molecule has 1 saturated heterocycles. The number of para-hydroxylation sites is 1. The molecule has 0 bridgehead atoms. The summed E-state index contributed by atoms with van der Waals surface area (Å²) in [7, 11) is 0. The van der Waals surface area contributed by atoms with Crippen LogP contribution < -0.4 is 10.6 Å². The summed E-state index contributed by atoms with van der Waals surface area (Å²) in [5.74, 6) is -0.925. The largest absolute Gasteiger partial charge is 0.344 e. The highest BCUT2D eigenvalue weighted by Gasteiger charge is 2.35. The van der Waals surface area contributed by atoms with Crippen LogP contribution in [-0.2, 0) is 27.3 Å². The molecule has 2 unspecified atom stereocenters. The fourth-order valence-corrected chi connectivity index (χ4v) is 5.36. The standard InChI is InChI=1S/C32H36N8O4/c1-3-24(28(41)20-40-29(36-37-38-40)19-22-11-5-4-6-12-22)34-30(42)21(2)39-18-10-9-15-27(32(39)44)35-31(43)26-17-16-23-13-7-8-14-25(23)33-26/h4-8,11-14,16-17,21,24,27H,3,9-10,15,18-20H2,1-2H3,(H,34,42)(H,35,43)/t21?,24?,27-/m0/s1. The molecule has 3 atom stereocenters. The molecule has 44 heavy (non-hydrogen) atoms. The molecule has 2 aromatic heterocycles. The number of amides is 3. The van der Waals surface area contributed by atoms with Crippen LogP contribution in [0.1, 0.15) is 61.4 Å². The summed E-state index contributed by atoms with van der Waals surface area (Å²) in [6, 6.07) is 18.2. The Balaban J connectivity index is 1.20. The molecule has 12 nitrogen and oxygen atoms in total. The minimum atomic E-state index is -0.845. The predicted molar refractivity (Wildman–Crippen MR) is 162 cm³/mol. The molecule has 2 N–H and O–H groups in total. The van der Waals surface area contributed by atoms with Crippen LogP contribution >= 0.6 is 0 Å². The van der Waals surface area contributed by atoms with E-state index in [1.807, 2.05) is 67.6 Å². The third-order valence-corrected chi connectivity index (χ3v) is 7.94. The summed E-state index contributed by atoms with van der Waals surface area (Å²) in [6.07, 6.45) is 2.67. The van der Waals surface area contributed by atoms with E-state index in [2.05, 4.69) is 31.1 Å². The summed E-state index contributed by atoms with van der Waals surface area (Å²) >= 11 is 0. The number of rotatable bonds is 11. The van der Waals surface area contributed by atoms with Crippen LogP contribution in [0.2, 0.25) is 0 Å². The number of Topliss-reactive ketones (excluding diaryl/α,β-unsaturated/α-hetero) is 1. The fourth-order valence-electron chi connectivity index (χ4n) is 5.36. The molecule has 12 heteroatoms. The van der Waals surface area contributed by atoms with E-state index in [-0.39, 0.29) is 23.9 Å². The number of benzene rings is 2. The fraction of sp³-hybridized carbons (Fsp3) is 0.375. The van der Waals surface area contributed by atoms with Crippen molar-refractivity contribution in [1.82, 2.24) is 40.7 Å². The lowest BCUT2D eigenvalue weighted by Gasteiger charge is -2.30. The normalized spacial score (nSPS) is 16.6. The van der Waals surface area contributed by atoms with Gasteiger partial charge >= 0.3 is 0 Å². The second-order valence-corrected chi connectivity index (χ2v) is 11.0. The number of nitrogens with zero attached hydrogens (tertiary/aromatic N) is 6. The lowest BCUT2D eigenvalue weighted by molar-refractivity contribution is -0.141. The van der Waals surface area contributed by atoms with Crippen molar-refractivity contribution < 1.29 is 19.2 Å². The Kier molecular flexibility index (Phi) is 9.68. The van der Waals surface area contributed by atoms with Crippen molar-refractivity contribution in [2.45, 2.75) is 70.6 Å². The highest BCUT2D eigenvalue weighted by molar-refractivity contribution is 5.99. The molecule has 5 rings (SSSR count). The molecule has 3 amide bonds. The van der Waals surface area contributed by atoms with E-state index in [1.165, 1.54) is 9.58 Å². The number of tetrazole rings is 1. The summed E-state index contributed by atoms with van der Waals surface area (Å²) in [5, 5.41) is 18.3. The van der Waals surface area contributed by atoms with Gasteiger partial charge in [-0.25, -0.2) is 9.67 Å². The van der Waals surface area contributed by atoms with Crippen molar-refractivity contribution in [3.63, 3.8) is 0 Å². The van der Waals surface area contributed by atoms with Crippen LogP contribution in [0, 0.1) is 0 Å². The maximum absolute atomic E-state index is 13.6. The van der Waals surface area contributed by atoms with E-state index in [0.29, 0.717) is 50.0 Å². The molecule has 1 aliphatic heterocycles. The summed E-state index contributed by atoms with van der Waals surface area (Å²) < 4.78 is 1.45. The third kappa shape index (κ3) is 7.13. The molecular weight excluding hydrogens is 560 g/mol. The number of likely N-dealkylation sites (tertiary alicyclic amines) is 1. The Bertz CT molecular complexity index is 1640. The van der Waals surface area contributed by atoms with Gasteiger partial charge in [-0.05, 0) is 60.7 Å². The first-order chi connectivity index (χ1) is 21.3. The number of hydrogen-bond acceptors (Lipinski definition) is 8. The van der Waals surface area contributed by atoms with E-state index in [1.54, 1.807) is 13.0 Å². The molecular formula is C32H36N8O4. The molecule has 2 aromatic carbocycles. The lowest BCUT2D eigenvalue weighted by atomic mass is 10.1. The highest BCUT2D eigenvalue weighted by atomic mass is 16.2. The lowest BCUT2D eigenvalue weighted by Crippen LogP contribution is -2.56. The number of pyridine rings is 1. The van der Waals surface area contributed by atoms with Crippen molar-refractivity contribution in [2.24, 2.45) is 0 Å². The first-order valence-corrected chi connectivity index (χ1v) is 14.9. The van der Waals surface area contributed by atoms with E-state index >= 15 is 0 Å². The topological polar surface area (TPSA) is 152 Å². The zero-order valence-electron chi connectivity index (χ0n) is 24.8. The van der Waals surface area contributed by atoms with Gasteiger partial charge in [-0.15, -0.1) is 5.10 Å². The number of carbonyl (C=O) groups is 4. The Morgan fingerprint density at radius 3 is 2.57 bits per heavy atom. The average molecular weight is 597 g/mol. The van der Waals surface area contributed by atoms with Crippen LogP contribution in [0.4, 0.5) is 0 Å². The summed E-state index contributed by atoms with van der Waals surface area (Å²) in [4.78, 5) is 59.1. The molecule has 0 radical (unpaired) electrons. The maximum Gasteiger partial charge on any atom is 0.270 e. The quantitative estimate of drug-likeness (QED) is 0.268. The highest BCUT2D eigenvalue weighted by Crippen LogP contribution is 2.17. The van der Waals surface area contributed by atoms with E-state index in [9.17, 15) is 19.2 Å². The first-order valence-electron chi connectivity index (χ1n) is 14.9. The van der Waals surface area contributed by atoms with Crippen molar-refractivity contribution in [2.75, 3.05) is 6.54 Å². The van der Waals surface area contributed by atoms with Gasteiger partial charge in [0.2, 0.25) is 11.8 Å². The zero-order valence-corrected chi connectivity index (χ0v) is 24.8.